The molecule has 2 heteroatoms. The maximum Gasteiger partial charge on any atom is 0.0512 e. The highest BCUT2D eigenvalue weighted by molar-refractivity contribution is 5.03. The van der Waals surface area contributed by atoms with Gasteiger partial charge in [-0.05, 0) is 33.7 Å². The van der Waals surface area contributed by atoms with Crippen LogP contribution in [0.15, 0.2) is 11.6 Å². The summed E-state index contributed by atoms with van der Waals surface area (Å²) >= 11 is 0. The lowest BCUT2D eigenvalue weighted by Gasteiger charge is -2.28. The lowest BCUT2D eigenvalue weighted by atomic mass is 9.92. The monoisotopic (exact) mass is 183 g/mol. The highest BCUT2D eigenvalue weighted by atomic mass is 16.5. The van der Waals surface area contributed by atoms with Crippen molar-refractivity contribution in [1.29, 1.82) is 0 Å². The summed E-state index contributed by atoms with van der Waals surface area (Å²) in [6.07, 6.45) is 4.80. The quantitative estimate of drug-likeness (QED) is 0.675. The largest absolute Gasteiger partial charge is 0.381 e. The van der Waals surface area contributed by atoms with Crippen LogP contribution in [0.5, 0.6) is 0 Å². The molecule has 1 rings (SSSR count). The zero-order valence-electron chi connectivity index (χ0n) is 8.97. The summed E-state index contributed by atoms with van der Waals surface area (Å²) in [5, 5.41) is 3.35. The Bertz CT molecular complexity index is 167. The van der Waals surface area contributed by atoms with Crippen LogP contribution in [-0.2, 0) is 4.74 Å². The molecule has 0 aromatic rings. The minimum Gasteiger partial charge on any atom is -0.381 e. The van der Waals surface area contributed by atoms with Crippen molar-refractivity contribution in [3.05, 3.63) is 11.6 Å². The van der Waals surface area contributed by atoms with E-state index >= 15 is 0 Å². The number of likely N-dealkylation sites (N-methyl/N-ethyl adjacent to an activating group) is 1. The molecular formula is C11H21NO. The van der Waals surface area contributed by atoms with Crippen molar-refractivity contribution in [3.63, 3.8) is 0 Å². The average Bonchev–Trinajstić information content (AvgIpc) is 2.15. The molecule has 0 saturated carbocycles. The van der Waals surface area contributed by atoms with E-state index in [4.69, 9.17) is 4.74 Å². The lowest BCUT2D eigenvalue weighted by Crippen LogP contribution is -2.36. The Balaban J connectivity index is 2.49. The summed E-state index contributed by atoms with van der Waals surface area (Å²) in [6.45, 7) is 6.15. The van der Waals surface area contributed by atoms with Gasteiger partial charge in [-0.2, -0.15) is 0 Å². The van der Waals surface area contributed by atoms with Gasteiger partial charge >= 0.3 is 0 Å². The van der Waals surface area contributed by atoms with E-state index in [0.29, 0.717) is 12.0 Å². The molecule has 1 aliphatic rings. The minimum atomic E-state index is 0.491. The maximum absolute atomic E-state index is 5.48. The molecule has 1 aliphatic heterocycles. The van der Waals surface area contributed by atoms with Gasteiger partial charge in [0.15, 0.2) is 0 Å². The third kappa shape index (κ3) is 3.49. The fraction of sp³-hybridized carbons (Fsp3) is 0.818. The molecule has 2 unspecified atom stereocenters. The second kappa shape index (κ2) is 5.40. The molecule has 2 nitrogen and oxygen atoms in total. The molecule has 1 fully saturated rings. The SMILES string of the molecule is CNC(C=C(C)C)C1CCCOC1. The van der Waals surface area contributed by atoms with E-state index in [1.165, 1.54) is 18.4 Å². The van der Waals surface area contributed by atoms with E-state index in [-0.39, 0.29) is 0 Å². The number of nitrogens with one attached hydrogen (secondary N) is 1. The molecule has 1 heterocycles. The van der Waals surface area contributed by atoms with Gasteiger partial charge in [0.1, 0.15) is 0 Å². The van der Waals surface area contributed by atoms with Gasteiger partial charge in [-0.25, -0.2) is 0 Å². The predicted octanol–water partition coefficient (Wildman–Crippen LogP) is 1.97. The van der Waals surface area contributed by atoms with E-state index < -0.39 is 0 Å². The van der Waals surface area contributed by atoms with E-state index in [2.05, 4.69) is 25.2 Å². The molecule has 1 N–H and O–H groups in total. The van der Waals surface area contributed by atoms with Crippen molar-refractivity contribution in [3.8, 4) is 0 Å². The molecule has 13 heavy (non-hydrogen) atoms. The fourth-order valence-corrected chi connectivity index (χ4v) is 1.86. The predicted molar refractivity (Wildman–Crippen MR) is 55.8 cm³/mol. The van der Waals surface area contributed by atoms with Gasteiger partial charge < -0.3 is 10.1 Å². The zero-order chi connectivity index (χ0) is 9.68. The first kappa shape index (κ1) is 10.7. The third-order valence-electron chi connectivity index (χ3n) is 2.55. The van der Waals surface area contributed by atoms with Crippen LogP contribution in [-0.4, -0.2) is 26.3 Å². The van der Waals surface area contributed by atoms with Gasteiger partial charge in [0.25, 0.3) is 0 Å². The van der Waals surface area contributed by atoms with Gasteiger partial charge in [-0.1, -0.05) is 11.6 Å². The van der Waals surface area contributed by atoms with Crippen LogP contribution >= 0.6 is 0 Å². The Morgan fingerprint density at radius 1 is 1.54 bits per heavy atom. The number of hydrogen-bond acceptors (Lipinski definition) is 2. The molecule has 2 atom stereocenters. The summed E-state index contributed by atoms with van der Waals surface area (Å²) in [5.74, 6) is 0.661. The van der Waals surface area contributed by atoms with Gasteiger partial charge in [-0.15, -0.1) is 0 Å². The molecule has 0 spiro atoms. The molecular weight excluding hydrogens is 162 g/mol. The van der Waals surface area contributed by atoms with Crippen LogP contribution in [0.25, 0.3) is 0 Å². The first-order chi connectivity index (χ1) is 6.24. The Kier molecular flexibility index (Phi) is 4.46. The molecule has 0 aromatic heterocycles. The highest BCUT2D eigenvalue weighted by Gasteiger charge is 2.20. The molecule has 0 aliphatic carbocycles. The summed E-state index contributed by atoms with van der Waals surface area (Å²) in [6, 6.07) is 0.491. The lowest BCUT2D eigenvalue weighted by molar-refractivity contribution is 0.0467. The number of ether oxygens (including phenoxy) is 1. The number of allylic oxidation sites excluding steroid dienone is 1. The van der Waals surface area contributed by atoms with E-state index in [1.54, 1.807) is 0 Å². The van der Waals surface area contributed by atoms with Crippen LogP contribution in [0.4, 0.5) is 0 Å². The molecule has 0 aromatic carbocycles. The summed E-state index contributed by atoms with van der Waals surface area (Å²) < 4.78 is 5.48. The van der Waals surface area contributed by atoms with Crippen molar-refractivity contribution in [2.75, 3.05) is 20.3 Å². The summed E-state index contributed by atoms with van der Waals surface area (Å²) in [5.41, 5.74) is 1.38. The standard InChI is InChI=1S/C11H21NO/c1-9(2)7-11(12-3)10-5-4-6-13-8-10/h7,10-12H,4-6,8H2,1-3H3. The summed E-state index contributed by atoms with van der Waals surface area (Å²) in [7, 11) is 2.03. The average molecular weight is 183 g/mol. The second-order valence-corrected chi connectivity index (χ2v) is 4.04. The van der Waals surface area contributed by atoms with Crippen molar-refractivity contribution >= 4 is 0 Å². The molecule has 0 bridgehead atoms. The van der Waals surface area contributed by atoms with E-state index in [1.807, 2.05) is 7.05 Å². The van der Waals surface area contributed by atoms with Crippen molar-refractivity contribution < 1.29 is 4.74 Å². The molecule has 0 radical (unpaired) electrons. The van der Waals surface area contributed by atoms with Crippen LogP contribution in [0.2, 0.25) is 0 Å². The van der Waals surface area contributed by atoms with Gasteiger partial charge in [-0.3, -0.25) is 0 Å². The maximum atomic E-state index is 5.48. The van der Waals surface area contributed by atoms with Crippen molar-refractivity contribution in [2.24, 2.45) is 5.92 Å². The van der Waals surface area contributed by atoms with Gasteiger partial charge in [0.2, 0.25) is 0 Å². The van der Waals surface area contributed by atoms with E-state index in [9.17, 15) is 0 Å². The van der Waals surface area contributed by atoms with Crippen LogP contribution in [0, 0.1) is 5.92 Å². The van der Waals surface area contributed by atoms with Crippen LogP contribution < -0.4 is 5.32 Å². The molecule has 76 valence electrons. The Labute approximate surface area is 81.4 Å². The normalized spacial score (nSPS) is 25.3. The second-order valence-electron chi connectivity index (χ2n) is 4.04. The van der Waals surface area contributed by atoms with Gasteiger partial charge in [0, 0.05) is 18.6 Å². The number of hydrogen-bond donors (Lipinski definition) is 1. The first-order valence-electron chi connectivity index (χ1n) is 5.14. The smallest absolute Gasteiger partial charge is 0.0512 e. The van der Waals surface area contributed by atoms with Crippen LogP contribution in [0.3, 0.4) is 0 Å². The van der Waals surface area contributed by atoms with Crippen molar-refractivity contribution in [1.82, 2.24) is 5.32 Å². The Hall–Kier alpha value is -0.340. The first-order valence-corrected chi connectivity index (χ1v) is 5.14. The Morgan fingerprint density at radius 3 is 2.77 bits per heavy atom. The molecule has 1 saturated heterocycles. The molecule has 0 amide bonds. The number of rotatable bonds is 3. The highest BCUT2D eigenvalue weighted by Crippen LogP contribution is 2.18. The van der Waals surface area contributed by atoms with E-state index in [0.717, 1.165) is 13.2 Å². The minimum absolute atomic E-state index is 0.491. The summed E-state index contributed by atoms with van der Waals surface area (Å²) in [4.78, 5) is 0. The Morgan fingerprint density at radius 2 is 2.31 bits per heavy atom. The fourth-order valence-electron chi connectivity index (χ4n) is 1.86. The zero-order valence-corrected chi connectivity index (χ0v) is 8.97. The topological polar surface area (TPSA) is 21.3 Å². The third-order valence-corrected chi connectivity index (χ3v) is 2.55. The van der Waals surface area contributed by atoms with Crippen molar-refractivity contribution in [2.45, 2.75) is 32.7 Å². The van der Waals surface area contributed by atoms with Gasteiger partial charge in [0.05, 0.1) is 6.61 Å². The van der Waals surface area contributed by atoms with Crippen LogP contribution in [0.1, 0.15) is 26.7 Å².